The number of carboxylic acids is 1. The van der Waals surface area contributed by atoms with Gasteiger partial charge >= 0.3 is 5.97 Å². The third kappa shape index (κ3) is 2.88. The predicted octanol–water partition coefficient (Wildman–Crippen LogP) is 4.16. The van der Waals surface area contributed by atoms with Crippen molar-refractivity contribution >= 4 is 34.4 Å². The Morgan fingerprint density at radius 2 is 1.92 bits per heavy atom. The number of fused-ring (bicyclic) bond motifs is 1. The molecular weight excluding hydrogens is 330 g/mol. The molecule has 0 unspecified atom stereocenters. The molecule has 1 aliphatic rings. The van der Waals surface area contributed by atoms with Crippen molar-refractivity contribution in [3.63, 3.8) is 0 Å². The van der Waals surface area contributed by atoms with Gasteiger partial charge in [0.2, 0.25) is 5.91 Å². The molecule has 6 heteroatoms. The molecular formula is C18H20ClNO4. The van der Waals surface area contributed by atoms with Crippen LogP contribution in [-0.2, 0) is 11.2 Å². The van der Waals surface area contributed by atoms with Crippen LogP contribution in [0, 0.1) is 12.8 Å². The topological polar surface area (TPSA) is 79.5 Å². The Hall–Kier alpha value is -2.01. The van der Waals surface area contributed by atoms with E-state index in [1.165, 1.54) is 6.07 Å². The van der Waals surface area contributed by atoms with E-state index in [0.29, 0.717) is 22.2 Å². The maximum atomic E-state index is 13.0. The fourth-order valence-corrected chi connectivity index (χ4v) is 3.84. The van der Waals surface area contributed by atoms with Gasteiger partial charge in [0.15, 0.2) is 0 Å². The SMILES string of the molecule is Cc1c(CC(=O)O)c2cc(O)c(Cl)cc2n1C(=O)C1CCCCC1. The molecule has 1 aromatic carbocycles. The number of rotatable bonds is 3. The highest BCUT2D eigenvalue weighted by Gasteiger charge is 2.27. The van der Waals surface area contributed by atoms with E-state index in [9.17, 15) is 19.8 Å². The largest absolute Gasteiger partial charge is 0.506 e. The Morgan fingerprint density at radius 1 is 1.25 bits per heavy atom. The van der Waals surface area contributed by atoms with Gasteiger partial charge in [-0.3, -0.25) is 14.2 Å². The fraction of sp³-hybridized carbons (Fsp3) is 0.444. The first-order chi connectivity index (χ1) is 11.4. The summed E-state index contributed by atoms with van der Waals surface area (Å²) in [6, 6.07) is 3.00. The van der Waals surface area contributed by atoms with Crippen LogP contribution < -0.4 is 0 Å². The molecule has 0 spiro atoms. The van der Waals surface area contributed by atoms with Gasteiger partial charge in [-0.2, -0.15) is 0 Å². The van der Waals surface area contributed by atoms with Gasteiger partial charge in [0.25, 0.3) is 0 Å². The van der Waals surface area contributed by atoms with Gasteiger partial charge in [0.1, 0.15) is 5.75 Å². The number of carboxylic acid groups (broad SMARTS) is 1. The van der Waals surface area contributed by atoms with Crippen LogP contribution in [0.25, 0.3) is 10.9 Å². The summed E-state index contributed by atoms with van der Waals surface area (Å²) in [6.45, 7) is 1.75. The van der Waals surface area contributed by atoms with E-state index in [4.69, 9.17) is 11.6 Å². The number of aliphatic carboxylic acids is 1. The van der Waals surface area contributed by atoms with Crippen molar-refractivity contribution in [3.8, 4) is 5.75 Å². The molecule has 0 amide bonds. The Morgan fingerprint density at radius 3 is 2.54 bits per heavy atom. The zero-order valence-electron chi connectivity index (χ0n) is 13.5. The third-order valence-electron chi connectivity index (χ3n) is 4.91. The molecule has 0 radical (unpaired) electrons. The second kappa shape index (κ2) is 6.48. The molecule has 3 rings (SSSR count). The summed E-state index contributed by atoms with van der Waals surface area (Å²) in [7, 11) is 0. The minimum absolute atomic E-state index is 0.00408. The highest BCUT2D eigenvalue weighted by Crippen LogP contribution is 2.36. The Kier molecular flexibility index (Phi) is 4.54. The Balaban J connectivity index is 2.18. The third-order valence-corrected chi connectivity index (χ3v) is 5.21. The van der Waals surface area contributed by atoms with Crippen LogP contribution in [0.15, 0.2) is 12.1 Å². The molecule has 0 atom stereocenters. The summed E-state index contributed by atoms with van der Waals surface area (Å²) < 4.78 is 1.59. The Bertz CT molecular complexity index is 818. The molecule has 1 aliphatic carbocycles. The summed E-state index contributed by atoms with van der Waals surface area (Å²) >= 11 is 6.03. The molecule has 1 aromatic heterocycles. The quantitative estimate of drug-likeness (QED) is 0.872. The van der Waals surface area contributed by atoms with Crippen LogP contribution >= 0.6 is 11.6 Å². The van der Waals surface area contributed by atoms with Gasteiger partial charge in [0.05, 0.1) is 17.0 Å². The van der Waals surface area contributed by atoms with Crippen molar-refractivity contribution in [2.75, 3.05) is 0 Å². The highest BCUT2D eigenvalue weighted by atomic mass is 35.5. The number of phenols is 1. The lowest BCUT2D eigenvalue weighted by Crippen LogP contribution is -2.24. The fourth-order valence-electron chi connectivity index (χ4n) is 3.68. The van der Waals surface area contributed by atoms with E-state index in [1.807, 2.05) is 0 Å². The lowest BCUT2D eigenvalue weighted by Gasteiger charge is -2.21. The van der Waals surface area contributed by atoms with E-state index in [-0.39, 0.29) is 29.0 Å². The number of carbonyl (C=O) groups excluding carboxylic acids is 1. The first-order valence-corrected chi connectivity index (χ1v) is 8.56. The van der Waals surface area contributed by atoms with Crippen molar-refractivity contribution in [2.24, 2.45) is 5.92 Å². The molecule has 1 fully saturated rings. The number of aromatic nitrogens is 1. The molecule has 2 N–H and O–H groups in total. The summed E-state index contributed by atoms with van der Waals surface area (Å²) in [5.74, 6) is -1.14. The molecule has 0 saturated heterocycles. The standard InChI is InChI=1S/C18H20ClNO4/c1-10-12(8-17(22)23)13-7-16(21)14(19)9-15(13)20(10)18(24)11-5-3-2-4-6-11/h7,9,11,21H,2-6,8H2,1H3,(H,22,23). The van der Waals surface area contributed by atoms with E-state index < -0.39 is 5.97 Å². The lowest BCUT2D eigenvalue weighted by atomic mass is 9.88. The van der Waals surface area contributed by atoms with E-state index >= 15 is 0 Å². The van der Waals surface area contributed by atoms with Gasteiger partial charge < -0.3 is 10.2 Å². The number of halogens is 1. The molecule has 1 heterocycles. The average Bonchev–Trinajstić information content (AvgIpc) is 2.80. The van der Waals surface area contributed by atoms with Gasteiger partial charge in [-0.05, 0) is 37.5 Å². The minimum Gasteiger partial charge on any atom is -0.506 e. The summed E-state index contributed by atoms with van der Waals surface area (Å²) in [4.78, 5) is 24.3. The zero-order chi connectivity index (χ0) is 17.4. The van der Waals surface area contributed by atoms with E-state index in [1.54, 1.807) is 17.6 Å². The van der Waals surface area contributed by atoms with Crippen molar-refractivity contribution in [1.29, 1.82) is 0 Å². The highest BCUT2D eigenvalue weighted by molar-refractivity contribution is 6.32. The molecule has 1 saturated carbocycles. The summed E-state index contributed by atoms with van der Waals surface area (Å²) in [6.07, 6.45) is 4.75. The lowest BCUT2D eigenvalue weighted by molar-refractivity contribution is -0.136. The molecule has 5 nitrogen and oxygen atoms in total. The van der Waals surface area contributed by atoms with Crippen molar-refractivity contribution in [3.05, 3.63) is 28.4 Å². The van der Waals surface area contributed by atoms with Crippen molar-refractivity contribution in [2.45, 2.75) is 45.4 Å². The maximum absolute atomic E-state index is 13.0. The van der Waals surface area contributed by atoms with Crippen LogP contribution in [0.5, 0.6) is 5.75 Å². The first-order valence-electron chi connectivity index (χ1n) is 8.18. The van der Waals surface area contributed by atoms with Crippen molar-refractivity contribution in [1.82, 2.24) is 4.57 Å². The van der Waals surface area contributed by atoms with Gasteiger partial charge in [-0.15, -0.1) is 0 Å². The van der Waals surface area contributed by atoms with Crippen LogP contribution in [0.1, 0.15) is 48.2 Å². The molecule has 0 bridgehead atoms. The van der Waals surface area contributed by atoms with Crippen LogP contribution in [-0.4, -0.2) is 26.7 Å². The molecule has 24 heavy (non-hydrogen) atoms. The monoisotopic (exact) mass is 349 g/mol. The van der Waals surface area contributed by atoms with E-state index in [2.05, 4.69) is 0 Å². The number of aromatic hydroxyl groups is 1. The van der Waals surface area contributed by atoms with Gasteiger partial charge in [0, 0.05) is 17.0 Å². The minimum atomic E-state index is -0.975. The Labute approximate surface area is 144 Å². The van der Waals surface area contributed by atoms with Gasteiger partial charge in [-0.25, -0.2) is 0 Å². The van der Waals surface area contributed by atoms with Gasteiger partial charge in [-0.1, -0.05) is 30.9 Å². The number of carbonyl (C=O) groups is 2. The second-order valence-electron chi connectivity index (χ2n) is 6.46. The number of benzene rings is 1. The number of nitrogens with zero attached hydrogens (tertiary/aromatic N) is 1. The summed E-state index contributed by atoms with van der Waals surface area (Å²) in [5, 5.41) is 19.8. The maximum Gasteiger partial charge on any atom is 0.307 e. The zero-order valence-corrected chi connectivity index (χ0v) is 14.3. The normalized spacial score (nSPS) is 15.8. The van der Waals surface area contributed by atoms with Crippen LogP contribution in [0.2, 0.25) is 5.02 Å². The van der Waals surface area contributed by atoms with E-state index in [0.717, 1.165) is 32.1 Å². The number of hydrogen-bond donors (Lipinski definition) is 2. The number of phenolic OH excluding ortho intramolecular Hbond substituents is 1. The first kappa shape index (κ1) is 16.8. The van der Waals surface area contributed by atoms with Crippen LogP contribution in [0.3, 0.4) is 0 Å². The number of hydrogen-bond acceptors (Lipinski definition) is 3. The molecule has 2 aromatic rings. The average molecular weight is 350 g/mol. The summed E-state index contributed by atoms with van der Waals surface area (Å²) in [5.41, 5.74) is 1.74. The molecule has 128 valence electrons. The predicted molar refractivity (Wildman–Crippen MR) is 91.9 cm³/mol. The van der Waals surface area contributed by atoms with Crippen LogP contribution in [0.4, 0.5) is 0 Å². The van der Waals surface area contributed by atoms with Crippen molar-refractivity contribution < 1.29 is 19.8 Å². The second-order valence-corrected chi connectivity index (χ2v) is 6.87. The smallest absolute Gasteiger partial charge is 0.307 e. The molecule has 0 aliphatic heterocycles.